The molecule has 0 aromatic carbocycles. The molecule has 4 saturated carbocycles. The van der Waals surface area contributed by atoms with Crippen LogP contribution in [0.2, 0.25) is 0 Å². The van der Waals surface area contributed by atoms with Crippen molar-refractivity contribution in [2.24, 2.45) is 50.2 Å². The van der Waals surface area contributed by atoms with Gasteiger partial charge in [-0.05, 0) is 109 Å². The van der Waals surface area contributed by atoms with E-state index in [1.165, 1.54) is 5.57 Å². The molecule has 0 spiro atoms. The van der Waals surface area contributed by atoms with Crippen LogP contribution in [-0.2, 0) is 14.3 Å². The lowest BCUT2D eigenvalue weighted by Crippen LogP contribution is -2.65. The zero-order chi connectivity index (χ0) is 33.1. The Balaban J connectivity index is 1.35. The van der Waals surface area contributed by atoms with Gasteiger partial charge < -0.3 is 30.3 Å². The van der Waals surface area contributed by atoms with Crippen LogP contribution in [0, 0.1) is 50.2 Å². The number of hydrogen-bond acceptors (Lipinski definition) is 7. The minimum Gasteiger partial charge on any atom is -0.479 e. The molecule has 5 aliphatic carbocycles. The number of ether oxygens (including phenoxy) is 1. The Hall–Kier alpha value is -1.32. The number of aliphatic hydroxyl groups is 4. The zero-order valence-electron chi connectivity index (χ0n) is 28.5. The number of hydrogen-bond donors (Lipinski definition) is 5. The van der Waals surface area contributed by atoms with E-state index in [1.807, 2.05) is 0 Å². The summed E-state index contributed by atoms with van der Waals surface area (Å²) in [5, 5.41) is 52.8. The number of carboxylic acids is 1. The van der Waals surface area contributed by atoms with Gasteiger partial charge >= 0.3 is 5.97 Å². The summed E-state index contributed by atoms with van der Waals surface area (Å²) in [7, 11) is 0. The first-order valence-electron chi connectivity index (χ1n) is 17.6. The summed E-state index contributed by atoms with van der Waals surface area (Å²) in [5.41, 5.74) is 1.28. The average molecular weight is 631 g/mol. The number of aliphatic carboxylic acids is 1. The number of carboxylic acid groups (broad SMARTS) is 1. The van der Waals surface area contributed by atoms with Gasteiger partial charge in [0.1, 0.15) is 30.2 Å². The van der Waals surface area contributed by atoms with Gasteiger partial charge in [-0.1, -0.05) is 60.1 Å². The minimum absolute atomic E-state index is 0.0163. The van der Waals surface area contributed by atoms with E-state index >= 15 is 0 Å². The number of carbonyl (C=O) groups is 2. The highest BCUT2D eigenvalue weighted by Gasteiger charge is 2.68. The van der Waals surface area contributed by atoms with E-state index in [0.717, 1.165) is 57.8 Å². The van der Waals surface area contributed by atoms with Crippen LogP contribution in [0.3, 0.4) is 0 Å². The van der Waals surface area contributed by atoms with E-state index in [4.69, 9.17) is 4.74 Å². The summed E-state index contributed by atoms with van der Waals surface area (Å²) >= 11 is 0. The van der Waals surface area contributed by atoms with Gasteiger partial charge in [0.2, 0.25) is 0 Å². The Bertz CT molecular complexity index is 1260. The van der Waals surface area contributed by atoms with Gasteiger partial charge in [0.15, 0.2) is 6.10 Å². The Morgan fingerprint density at radius 3 is 2.24 bits per heavy atom. The van der Waals surface area contributed by atoms with Gasteiger partial charge in [-0.3, -0.25) is 4.79 Å². The molecule has 6 aliphatic rings. The van der Waals surface area contributed by atoms with E-state index in [-0.39, 0.29) is 38.4 Å². The fourth-order valence-electron chi connectivity index (χ4n) is 12.5. The number of allylic oxidation sites excluding steroid dienone is 2. The first-order valence-corrected chi connectivity index (χ1v) is 17.6. The van der Waals surface area contributed by atoms with Crippen LogP contribution in [0.5, 0.6) is 0 Å². The molecular weight excluding hydrogens is 572 g/mol. The number of carbonyl (C=O) groups excluding carboxylic acids is 1. The summed E-state index contributed by atoms with van der Waals surface area (Å²) in [6, 6.07) is 0. The van der Waals surface area contributed by atoms with Gasteiger partial charge in [-0.15, -0.1) is 0 Å². The smallest absolute Gasteiger partial charge is 0.335 e. The van der Waals surface area contributed by atoms with E-state index in [0.29, 0.717) is 30.5 Å². The van der Waals surface area contributed by atoms with Gasteiger partial charge in [-0.2, -0.15) is 0 Å². The van der Waals surface area contributed by atoms with Crippen LogP contribution in [-0.4, -0.2) is 73.9 Å². The van der Waals surface area contributed by atoms with Gasteiger partial charge in [0.25, 0.3) is 0 Å². The number of aliphatic hydroxyl groups excluding tert-OH is 4. The van der Waals surface area contributed by atoms with Crippen LogP contribution in [0.25, 0.3) is 0 Å². The highest BCUT2D eigenvalue weighted by molar-refractivity contribution is 5.85. The van der Waals surface area contributed by atoms with Crippen LogP contribution in [0.4, 0.5) is 0 Å². The molecule has 1 heterocycles. The van der Waals surface area contributed by atoms with E-state index in [1.54, 1.807) is 0 Å². The molecular formula is C37H58O8. The molecule has 45 heavy (non-hydrogen) atoms. The van der Waals surface area contributed by atoms with Gasteiger partial charge in [0, 0.05) is 11.8 Å². The summed E-state index contributed by atoms with van der Waals surface area (Å²) in [6.45, 7) is 16.6. The third-order valence-corrected chi connectivity index (χ3v) is 15.4. The predicted molar refractivity (Wildman–Crippen MR) is 169 cm³/mol. The van der Waals surface area contributed by atoms with Gasteiger partial charge in [-0.25, -0.2) is 4.79 Å². The molecule has 0 radical (unpaired) electrons. The average Bonchev–Trinajstić information content (AvgIpc) is 2.94. The Labute approximate surface area is 269 Å². The van der Waals surface area contributed by atoms with Gasteiger partial charge in [0.05, 0.1) is 6.10 Å². The third kappa shape index (κ3) is 4.69. The predicted octanol–water partition coefficient (Wildman–Crippen LogP) is 5.04. The number of ketones is 1. The second-order valence-corrected chi connectivity index (χ2v) is 18.3. The molecule has 5 fully saturated rings. The first kappa shape index (κ1) is 33.6. The summed E-state index contributed by atoms with van der Waals surface area (Å²) < 4.78 is 5.61. The molecule has 0 aromatic heterocycles. The van der Waals surface area contributed by atoms with Crippen molar-refractivity contribution in [2.45, 2.75) is 156 Å². The van der Waals surface area contributed by atoms with Crippen molar-refractivity contribution in [2.75, 3.05) is 0 Å². The maximum Gasteiger partial charge on any atom is 0.335 e. The van der Waals surface area contributed by atoms with Crippen LogP contribution < -0.4 is 0 Å². The minimum atomic E-state index is -1.77. The first-order chi connectivity index (χ1) is 20.7. The lowest BCUT2D eigenvalue weighted by molar-refractivity contribution is -0.249. The second-order valence-electron chi connectivity index (χ2n) is 18.3. The van der Waals surface area contributed by atoms with E-state index < -0.39 is 42.6 Å². The van der Waals surface area contributed by atoms with Crippen molar-refractivity contribution in [3.05, 3.63) is 11.6 Å². The lowest BCUT2D eigenvalue weighted by Gasteiger charge is -2.71. The number of fused-ring (bicyclic) bond motifs is 7. The highest BCUT2D eigenvalue weighted by Crippen LogP contribution is 2.76. The highest BCUT2D eigenvalue weighted by atomic mass is 16.6. The molecule has 0 aromatic rings. The number of rotatable bonds is 4. The Morgan fingerprint density at radius 2 is 1.58 bits per heavy atom. The van der Waals surface area contributed by atoms with Crippen LogP contribution in [0.1, 0.15) is 119 Å². The van der Waals surface area contributed by atoms with E-state index in [9.17, 15) is 35.1 Å². The summed E-state index contributed by atoms with van der Waals surface area (Å²) in [6.07, 6.45) is 3.24. The van der Waals surface area contributed by atoms with Crippen molar-refractivity contribution in [3.63, 3.8) is 0 Å². The standard InChI is InChI=1S/C37H58O8/c1-32(2)14-16-37(19-22(38)29-27(41)26(40)28(42)30(45-29)31(43)44)17-15-35(6)20(21(37)18-32)8-9-24-34(5)12-11-25(39)33(3,4)23(34)10-13-36(24,35)7/h8,21-24,26-30,38,40-42H,9-19H2,1-7H3,(H,43,44)/t21?,22-,23?,24?,26?,27?,28+,29+,30?,34+,35-,36-,37-/m1/s1. The molecule has 5 N–H and O–H groups in total. The molecule has 1 aliphatic heterocycles. The molecule has 8 heteroatoms. The molecule has 1 saturated heterocycles. The monoisotopic (exact) mass is 630 g/mol. The Kier molecular flexibility index (Phi) is 7.90. The molecule has 6 unspecified atom stereocenters. The number of Topliss-reactive ketones (excluding diaryl/α,β-unsaturated/α-hetero) is 1. The normalized spacial score (nSPS) is 51.1. The van der Waals surface area contributed by atoms with Crippen molar-refractivity contribution in [1.29, 1.82) is 0 Å². The fourth-order valence-corrected chi connectivity index (χ4v) is 12.5. The molecule has 254 valence electrons. The zero-order valence-corrected chi connectivity index (χ0v) is 28.5. The molecule has 6 rings (SSSR count). The Morgan fingerprint density at radius 1 is 0.911 bits per heavy atom. The lowest BCUT2D eigenvalue weighted by atomic mass is 9.33. The summed E-state index contributed by atoms with van der Waals surface area (Å²) in [4.78, 5) is 24.9. The van der Waals surface area contributed by atoms with Crippen molar-refractivity contribution in [1.82, 2.24) is 0 Å². The van der Waals surface area contributed by atoms with Crippen molar-refractivity contribution >= 4 is 11.8 Å². The fraction of sp³-hybridized carbons (Fsp3) is 0.892. The second kappa shape index (κ2) is 10.6. The largest absolute Gasteiger partial charge is 0.479 e. The molecule has 13 atom stereocenters. The van der Waals surface area contributed by atoms with Crippen molar-refractivity contribution < 1.29 is 39.9 Å². The van der Waals surface area contributed by atoms with Crippen LogP contribution >= 0.6 is 0 Å². The third-order valence-electron chi connectivity index (χ3n) is 15.4. The van der Waals surface area contributed by atoms with Crippen LogP contribution in [0.15, 0.2) is 11.6 Å². The summed E-state index contributed by atoms with van der Waals surface area (Å²) in [5.74, 6) is 0.0969. The van der Waals surface area contributed by atoms with E-state index in [2.05, 4.69) is 54.5 Å². The quantitative estimate of drug-likeness (QED) is 0.272. The maximum absolute atomic E-state index is 13.1. The maximum atomic E-state index is 13.1. The topological polar surface area (TPSA) is 145 Å². The van der Waals surface area contributed by atoms with Crippen molar-refractivity contribution in [3.8, 4) is 0 Å². The SMILES string of the molecule is CC1(C)CC[C@]2(C[C@@H](O)[C@@H]3OC(C(=O)O)[C@@H](O)C(O)C3O)CC[C@]3(C)C(=CCC4[C@@]5(C)CCC(=O)C(C)(C)C5CC[C@]43C)C2C1. The molecule has 8 nitrogen and oxygen atoms in total. The molecule has 0 bridgehead atoms. The molecule has 0 amide bonds.